The lowest BCUT2D eigenvalue weighted by Gasteiger charge is -2.15. The Hall–Kier alpha value is -1.04. The van der Waals surface area contributed by atoms with Crippen molar-refractivity contribution in [3.05, 3.63) is 56.5 Å². The van der Waals surface area contributed by atoms with Gasteiger partial charge in [0.05, 0.1) is 11.6 Å². The molecule has 2 aromatic rings. The Balaban J connectivity index is 2.05. The Morgan fingerprint density at radius 1 is 1.19 bits per heavy atom. The highest BCUT2D eigenvalue weighted by Gasteiger charge is 2.10. The van der Waals surface area contributed by atoms with Crippen molar-refractivity contribution in [1.29, 1.82) is 0 Å². The molecule has 0 amide bonds. The number of rotatable bonds is 5. The van der Waals surface area contributed by atoms with E-state index in [1.165, 1.54) is 5.56 Å². The van der Waals surface area contributed by atoms with Crippen LogP contribution in [0.15, 0.2) is 45.3 Å². The summed E-state index contributed by atoms with van der Waals surface area (Å²) in [5, 5.41) is 13.3. The van der Waals surface area contributed by atoms with Crippen molar-refractivity contribution in [1.82, 2.24) is 5.32 Å². The first-order chi connectivity index (χ1) is 10.0. The maximum absolute atomic E-state index is 9.81. The highest BCUT2D eigenvalue weighted by molar-refractivity contribution is 9.10. The lowest BCUT2D eigenvalue weighted by molar-refractivity contribution is 0.371. The van der Waals surface area contributed by atoms with Crippen LogP contribution in [0.1, 0.15) is 24.1 Å². The number of methoxy groups -OCH3 is 1. The number of hydrogen-bond acceptors (Lipinski definition) is 3. The zero-order valence-corrected chi connectivity index (χ0v) is 15.0. The normalized spacial score (nSPS) is 12.2. The SMILES string of the molecule is COc1cc(CN[C@@H](C)c2ccc(Br)cc2)cc(Br)c1O. The summed E-state index contributed by atoms with van der Waals surface area (Å²) in [6, 6.07) is 12.2. The molecule has 0 fully saturated rings. The van der Waals surface area contributed by atoms with E-state index in [2.05, 4.69) is 56.2 Å². The molecule has 0 aliphatic carbocycles. The second-order valence-electron chi connectivity index (χ2n) is 4.78. The molecule has 0 spiro atoms. The first-order valence-electron chi connectivity index (χ1n) is 6.55. The highest BCUT2D eigenvalue weighted by Crippen LogP contribution is 2.35. The van der Waals surface area contributed by atoms with E-state index in [4.69, 9.17) is 4.74 Å². The fourth-order valence-electron chi connectivity index (χ4n) is 2.03. The van der Waals surface area contributed by atoms with Crippen LogP contribution in [0, 0.1) is 0 Å². The average molecular weight is 415 g/mol. The molecule has 0 saturated carbocycles. The second-order valence-corrected chi connectivity index (χ2v) is 6.55. The summed E-state index contributed by atoms with van der Waals surface area (Å²) in [4.78, 5) is 0. The standard InChI is InChI=1S/C16H17Br2NO2/c1-10(12-3-5-13(17)6-4-12)19-9-11-7-14(18)16(20)15(8-11)21-2/h3-8,10,19-20H,9H2,1-2H3/t10-/m0/s1. The summed E-state index contributed by atoms with van der Waals surface area (Å²) < 4.78 is 6.87. The van der Waals surface area contributed by atoms with Gasteiger partial charge in [0.2, 0.25) is 0 Å². The number of phenols is 1. The summed E-state index contributed by atoms with van der Waals surface area (Å²) in [6.07, 6.45) is 0. The molecule has 0 saturated heterocycles. The largest absolute Gasteiger partial charge is 0.503 e. The minimum absolute atomic E-state index is 0.127. The molecule has 112 valence electrons. The van der Waals surface area contributed by atoms with E-state index in [1.807, 2.05) is 24.3 Å². The summed E-state index contributed by atoms with van der Waals surface area (Å²) in [5.41, 5.74) is 2.27. The van der Waals surface area contributed by atoms with Gasteiger partial charge in [-0.1, -0.05) is 28.1 Å². The number of phenolic OH excluding ortho intramolecular Hbond substituents is 1. The summed E-state index contributed by atoms with van der Waals surface area (Å²) in [5.74, 6) is 0.597. The molecule has 0 heterocycles. The van der Waals surface area contributed by atoms with Crippen LogP contribution in [0.5, 0.6) is 11.5 Å². The van der Waals surface area contributed by atoms with Gasteiger partial charge in [0.1, 0.15) is 0 Å². The number of hydrogen-bond donors (Lipinski definition) is 2. The third-order valence-corrected chi connectivity index (χ3v) is 4.42. The van der Waals surface area contributed by atoms with Crippen molar-refractivity contribution in [2.75, 3.05) is 7.11 Å². The molecule has 0 aliphatic heterocycles. The molecule has 21 heavy (non-hydrogen) atoms. The van der Waals surface area contributed by atoms with Crippen molar-refractivity contribution in [2.24, 2.45) is 0 Å². The molecule has 3 nitrogen and oxygen atoms in total. The lowest BCUT2D eigenvalue weighted by Crippen LogP contribution is -2.18. The maximum Gasteiger partial charge on any atom is 0.172 e. The van der Waals surface area contributed by atoms with E-state index >= 15 is 0 Å². The van der Waals surface area contributed by atoms with E-state index in [-0.39, 0.29) is 11.8 Å². The van der Waals surface area contributed by atoms with Gasteiger partial charge in [-0.05, 0) is 58.2 Å². The summed E-state index contributed by atoms with van der Waals surface area (Å²) >= 11 is 6.77. The first kappa shape index (κ1) is 16.3. The number of nitrogens with one attached hydrogen (secondary N) is 1. The zero-order chi connectivity index (χ0) is 15.4. The molecular formula is C16H17Br2NO2. The van der Waals surface area contributed by atoms with Gasteiger partial charge < -0.3 is 15.2 Å². The van der Waals surface area contributed by atoms with E-state index in [9.17, 15) is 5.11 Å². The Morgan fingerprint density at radius 2 is 1.86 bits per heavy atom. The Kier molecular flexibility index (Phi) is 5.67. The van der Waals surface area contributed by atoms with Crippen molar-refractivity contribution >= 4 is 31.9 Å². The van der Waals surface area contributed by atoms with Gasteiger partial charge in [-0.3, -0.25) is 0 Å². The van der Waals surface area contributed by atoms with Gasteiger partial charge in [0, 0.05) is 17.1 Å². The van der Waals surface area contributed by atoms with Crippen LogP contribution >= 0.6 is 31.9 Å². The number of aromatic hydroxyl groups is 1. The second kappa shape index (κ2) is 7.29. The summed E-state index contributed by atoms with van der Waals surface area (Å²) in [7, 11) is 1.54. The van der Waals surface area contributed by atoms with Crippen LogP contribution in [0.4, 0.5) is 0 Å². The number of benzene rings is 2. The van der Waals surface area contributed by atoms with Crippen LogP contribution in [0.25, 0.3) is 0 Å². The first-order valence-corrected chi connectivity index (χ1v) is 8.14. The van der Waals surface area contributed by atoms with Crippen molar-refractivity contribution in [3.8, 4) is 11.5 Å². The van der Waals surface area contributed by atoms with Gasteiger partial charge in [-0.2, -0.15) is 0 Å². The molecule has 2 rings (SSSR count). The zero-order valence-electron chi connectivity index (χ0n) is 11.9. The third kappa shape index (κ3) is 4.22. The minimum Gasteiger partial charge on any atom is -0.503 e. The molecule has 0 bridgehead atoms. The fourth-order valence-corrected chi connectivity index (χ4v) is 2.78. The maximum atomic E-state index is 9.81. The third-order valence-electron chi connectivity index (χ3n) is 3.29. The number of ether oxygens (including phenoxy) is 1. The fraction of sp³-hybridized carbons (Fsp3) is 0.250. The van der Waals surface area contributed by atoms with Gasteiger partial charge in [-0.15, -0.1) is 0 Å². The molecule has 0 aromatic heterocycles. The molecule has 1 atom stereocenters. The summed E-state index contributed by atoms with van der Waals surface area (Å²) in [6.45, 7) is 2.81. The van der Waals surface area contributed by atoms with Gasteiger partial charge in [0.25, 0.3) is 0 Å². The molecule has 0 aliphatic rings. The minimum atomic E-state index is 0.127. The van der Waals surface area contributed by atoms with Crippen LogP contribution in [-0.4, -0.2) is 12.2 Å². The molecule has 0 radical (unpaired) electrons. The van der Waals surface area contributed by atoms with Crippen molar-refractivity contribution < 1.29 is 9.84 Å². The molecular weight excluding hydrogens is 398 g/mol. The molecule has 2 aromatic carbocycles. The van der Waals surface area contributed by atoms with E-state index in [0.717, 1.165) is 10.0 Å². The van der Waals surface area contributed by atoms with Gasteiger partial charge in [0.15, 0.2) is 11.5 Å². The highest BCUT2D eigenvalue weighted by atomic mass is 79.9. The van der Waals surface area contributed by atoms with Crippen molar-refractivity contribution in [3.63, 3.8) is 0 Å². The van der Waals surface area contributed by atoms with Crippen LogP contribution in [-0.2, 0) is 6.54 Å². The van der Waals surface area contributed by atoms with E-state index < -0.39 is 0 Å². The van der Waals surface area contributed by atoms with Gasteiger partial charge in [-0.25, -0.2) is 0 Å². The topological polar surface area (TPSA) is 41.5 Å². The van der Waals surface area contributed by atoms with E-state index in [1.54, 1.807) is 7.11 Å². The van der Waals surface area contributed by atoms with Crippen LogP contribution < -0.4 is 10.1 Å². The quantitative estimate of drug-likeness (QED) is 0.739. The van der Waals surface area contributed by atoms with Crippen LogP contribution in [0.3, 0.4) is 0 Å². The van der Waals surface area contributed by atoms with Crippen LogP contribution in [0.2, 0.25) is 0 Å². The monoisotopic (exact) mass is 413 g/mol. The Bertz CT molecular complexity index is 614. The Labute approximate surface area is 141 Å². The Morgan fingerprint density at radius 3 is 2.48 bits per heavy atom. The predicted octanol–water partition coefficient (Wildman–Crippen LogP) is 4.78. The smallest absolute Gasteiger partial charge is 0.172 e. The lowest BCUT2D eigenvalue weighted by atomic mass is 10.1. The van der Waals surface area contributed by atoms with Crippen molar-refractivity contribution in [2.45, 2.75) is 19.5 Å². The molecule has 0 unspecified atom stereocenters. The predicted molar refractivity (Wildman–Crippen MR) is 91.8 cm³/mol. The molecule has 2 N–H and O–H groups in total. The average Bonchev–Trinajstić information content (AvgIpc) is 2.48. The molecule has 5 heteroatoms. The van der Waals surface area contributed by atoms with E-state index in [0.29, 0.717) is 16.8 Å². The van der Waals surface area contributed by atoms with Gasteiger partial charge >= 0.3 is 0 Å². The number of halogens is 2.